The van der Waals surface area contributed by atoms with Gasteiger partial charge in [0.25, 0.3) is 17.7 Å². The Hall–Kier alpha value is -9.16. The molecule has 438 valence electrons. The topological polar surface area (TPSA) is 351 Å². The molecule has 11 amide bonds. The highest BCUT2D eigenvalue weighted by Gasteiger charge is 2.27. The zero-order chi connectivity index (χ0) is 59.0. The predicted molar refractivity (Wildman–Crippen MR) is 307 cm³/mol. The van der Waals surface area contributed by atoms with Gasteiger partial charge < -0.3 is 63.2 Å². The molecule has 6 rings (SSSR count). The minimum atomic E-state index is -1.04. The van der Waals surface area contributed by atoms with Crippen LogP contribution in [0.2, 0.25) is 0 Å². The lowest BCUT2D eigenvalue weighted by atomic mass is 9.96. The van der Waals surface area contributed by atoms with Crippen LogP contribution in [0.5, 0.6) is 0 Å². The smallest absolute Gasteiger partial charge is 0.407 e. The van der Waals surface area contributed by atoms with Crippen molar-refractivity contribution < 1.29 is 52.7 Å². The van der Waals surface area contributed by atoms with Crippen LogP contribution in [0.1, 0.15) is 106 Å². The number of unbranched alkanes of at least 4 members (excludes halogenated alkanes) is 2. The number of urea groups is 1. The molecule has 0 saturated carbocycles. The van der Waals surface area contributed by atoms with E-state index in [-0.39, 0.29) is 100.0 Å². The summed E-state index contributed by atoms with van der Waals surface area (Å²) in [6.45, 7) is 6.80. The summed E-state index contributed by atoms with van der Waals surface area (Å²) in [6.07, 6.45) is 10.3. The molecular weight excluding hydrogens is 1060 g/mol. The third-order valence-corrected chi connectivity index (χ3v) is 13.5. The summed E-state index contributed by atoms with van der Waals surface area (Å²) in [5, 5.41) is 18.7. The van der Waals surface area contributed by atoms with E-state index in [0.717, 1.165) is 17.7 Å². The Balaban J connectivity index is 0.851. The Labute approximate surface area is 475 Å². The molecule has 2 aromatic carbocycles. The predicted octanol–water partition coefficient (Wildman–Crippen LogP) is 3.49. The zero-order valence-corrected chi connectivity index (χ0v) is 46.4. The number of hydrogen-bond acceptors (Lipinski definition) is 15. The standard InChI is InChI=1S/C57H74N14O11/c1-3-26-70(27-4-2)55(79)41-31-39-13-14-40(32-45(39)67-46(58)33-41)53(77)66-43-17-18-47(63-34-43)69-29-21-38(22-30-69)52(76)60-24-25-62-57(81)82-36-37-11-15-42(16-12-37)65-54(78)44(9-8-23-61-56(59)80)68-49(73)35-64-48(72)10-6-5-7-28-71-50(74)19-20-51(71)75/h11-20,31-32,34,38,44H,3-10,21-30,33,35-36H2,1-2H3,(H2,58,67)(H,60,76)(H,62,81)(H,64,72)(H,65,78)(H,66,77)(H,68,73)(H3,59,61,80). The number of alkyl carbamates (subject to hydrolysis) is 1. The average Bonchev–Trinajstić information content (AvgIpc) is 3.86. The number of aromatic nitrogens is 1. The van der Waals surface area contributed by atoms with Crippen molar-refractivity contribution in [1.29, 1.82) is 0 Å². The molecule has 0 radical (unpaired) electrons. The van der Waals surface area contributed by atoms with Crippen molar-refractivity contribution in [3.05, 3.63) is 95.2 Å². The number of piperidine rings is 1. The molecule has 0 spiro atoms. The molecule has 1 saturated heterocycles. The molecule has 4 heterocycles. The van der Waals surface area contributed by atoms with Crippen LogP contribution in [-0.2, 0) is 44.9 Å². The molecule has 3 aliphatic rings. The van der Waals surface area contributed by atoms with Gasteiger partial charge in [-0.15, -0.1) is 0 Å². The summed E-state index contributed by atoms with van der Waals surface area (Å²) < 4.78 is 5.33. The van der Waals surface area contributed by atoms with E-state index in [0.29, 0.717) is 116 Å². The van der Waals surface area contributed by atoms with Crippen molar-refractivity contribution in [2.24, 2.45) is 22.4 Å². The van der Waals surface area contributed by atoms with Crippen LogP contribution in [0.15, 0.2) is 83.5 Å². The number of nitrogens with two attached hydrogens (primary N) is 2. The number of ether oxygens (including phenoxy) is 1. The Morgan fingerprint density at radius 1 is 0.780 bits per heavy atom. The average molecular weight is 1130 g/mol. The molecule has 25 heteroatoms. The van der Waals surface area contributed by atoms with Gasteiger partial charge in [0.2, 0.25) is 29.5 Å². The van der Waals surface area contributed by atoms with E-state index in [1.807, 2.05) is 24.8 Å². The second-order valence-electron chi connectivity index (χ2n) is 19.9. The number of amides is 11. The van der Waals surface area contributed by atoms with Gasteiger partial charge in [-0.05, 0) is 99.4 Å². The minimum Gasteiger partial charge on any atom is -0.445 e. The molecule has 3 aromatic rings. The Kier molecular flexibility index (Phi) is 23.9. The van der Waals surface area contributed by atoms with E-state index >= 15 is 0 Å². The first-order valence-corrected chi connectivity index (χ1v) is 27.7. The molecule has 25 nitrogen and oxygen atoms in total. The van der Waals surface area contributed by atoms with Crippen LogP contribution in [0.25, 0.3) is 6.08 Å². The lowest BCUT2D eigenvalue weighted by molar-refractivity contribution is -0.137. The maximum absolute atomic E-state index is 13.4. The van der Waals surface area contributed by atoms with Crippen LogP contribution in [0.4, 0.5) is 32.5 Å². The fraction of sp³-hybridized carbons (Fsp3) is 0.439. The van der Waals surface area contributed by atoms with E-state index in [9.17, 15) is 47.9 Å². The second kappa shape index (κ2) is 31.6. The van der Waals surface area contributed by atoms with Gasteiger partial charge in [-0.3, -0.25) is 43.3 Å². The van der Waals surface area contributed by atoms with Gasteiger partial charge in [0.05, 0.1) is 24.1 Å². The lowest BCUT2D eigenvalue weighted by Crippen LogP contribution is -2.47. The summed E-state index contributed by atoms with van der Waals surface area (Å²) in [5.41, 5.74) is 15.0. The first kappa shape index (κ1) is 62.0. The second-order valence-corrected chi connectivity index (χ2v) is 19.9. The number of pyridine rings is 1. The van der Waals surface area contributed by atoms with Crippen LogP contribution < -0.4 is 53.6 Å². The number of aliphatic imine (C=N–C) groups is 1. The number of nitrogens with one attached hydrogen (secondary N) is 7. The van der Waals surface area contributed by atoms with Crippen LogP contribution in [0.3, 0.4) is 0 Å². The van der Waals surface area contributed by atoms with Crippen LogP contribution in [-0.4, -0.2) is 145 Å². The minimum absolute atomic E-state index is 0.0647. The van der Waals surface area contributed by atoms with Crippen molar-refractivity contribution in [3.8, 4) is 0 Å². The maximum atomic E-state index is 13.4. The fourth-order valence-corrected chi connectivity index (χ4v) is 9.24. The number of carbonyl (C=O) groups is 10. The molecule has 1 fully saturated rings. The van der Waals surface area contributed by atoms with E-state index in [4.69, 9.17) is 16.2 Å². The lowest BCUT2D eigenvalue weighted by Gasteiger charge is -2.32. The third-order valence-electron chi connectivity index (χ3n) is 13.5. The molecule has 1 aromatic heterocycles. The number of anilines is 3. The number of rotatable bonds is 29. The Morgan fingerprint density at radius 2 is 1.49 bits per heavy atom. The maximum Gasteiger partial charge on any atom is 0.407 e. The summed E-state index contributed by atoms with van der Waals surface area (Å²) in [7, 11) is 0. The summed E-state index contributed by atoms with van der Waals surface area (Å²) in [4.78, 5) is 139. The molecule has 0 bridgehead atoms. The van der Waals surface area contributed by atoms with Gasteiger partial charge in [-0.2, -0.15) is 0 Å². The van der Waals surface area contributed by atoms with Crippen molar-refractivity contribution >= 4 is 94.2 Å². The first-order valence-electron chi connectivity index (χ1n) is 27.7. The highest BCUT2D eigenvalue weighted by molar-refractivity contribution is 6.13. The number of hydrogen-bond donors (Lipinski definition) is 9. The summed E-state index contributed by atoms with van der Waals surface area (Å²) in [6, 6.07) is 13.4. The van der Waals surface area contributed by atoms with Gasteiger partial charge >= 0.3 is 12.1 Å². The van der Waals surface area contributed by atoms with E-state index in [2.05, 4.69) is 52.1 Å². The van der Waals surface area contributed by atoms with E-state index < -0.39 is 30.0 Å². The fourth-order valence-electron chi connectivity index (χ4n) is 9.24. The van der Waals surface area contributed by atoms with Crippen molar-refractivity contribution in [1.82, 2.24) is 41.4 Å². The van der Waals surface area contributed by atoms with Gasteiger partial charge in [-0.1, -0.05) is 38.5 Å². The third kappa shape index (κ3) is 19.6. The van der Waals surface area contributed by atoms with E-state index in [1.54, 1.807) is 60.8 Å². The zero-order valence-electron chi connectivity index (χ0n) is 46.4. The molecule has 1 atom stereocenters. The molecular formula is C57H74N14O11. The number of imide groups is 1. The van der Waals surface area contributed by atoms with Gasteiger partial charge in [0.1, 0.15) is 24.3 Å². The highest BCUT2D eigenvalue weighted by atomic mass is 16.5. The van der Waals surface area contributed by atoms with Crippen molar-refractivity contribution in [2.45, 2.75) is 97.1 Å². The summed E-state index contributed by atoms with van der Waals surface area (Å²) in [5.74, 6) is -2.06. The number of fused-ring (bicyclic) bond motifs is 1. The number of amidine groups is 1. The largest absolute Gasteiger partial charge is 0.445 e. The highest BCUT2D eigenvalue weighted by Crippen LogP contribution is 2.29. The molecule has 0 aliphatic carbocycles. The van der Waals surface area contributed by atoms with Crippen molar-refractivity contribution in [3.63, 3.8) is 0 Å². The van der Waals surface area contributed by atoms with Gasteiger partial charge in [-0.25, -0.2) is 19.6 Å². The summed E-state index contributed by atoms with van der Waals surface area (Å²) >= 11 is 0. The molecule has 3 aliphatic heterocycles. The van der Waals surface area contributed by atoms with Gasteiger partial charge in [0.15, 0.2) is 0 Å². The molecule has 1 unspecified atom stereocenters. The first-order chi connectivity index (χ1) is 39.5. The normalized spacial score (nSPS) is 14.3. The Morgan fingerprint density at radius 3 is 2.17 bits per heavy atom. The molecule has 11 N–H and O–H groups in total. The van der Waals surface area contributed by atoms with Gasteiger partial charge in [0, 0.05) is 106 Å². The number of nitrogens with zero attached hydrogens (tertiary/aromatic N) is 5. The monoisotopic (exact) mass is 1130 g/mol. The molecule has 82 heavy (non-hydrogen) atoms. The quantitative estimate of drug-likeness (QED) is 0.0355. The van der Waals surface area contributed by atoms with Crippen LogP contribution in [0, 0.1) is 5.92 Å². The number of primary amides is 1. The Bertz CT molecular complexity index is 2860. The number of benzene rings is 2. The van der Waals surface area contributed by atoms with Crippen LogP contribution >= 0.6 is 0 Å². The SMILES string of the molecule is CCCN(CCC)C(=O)C1=Cc2ccc(C(=O)Nc3ccc(N4CCC(C(=O)NCCNC(=O)OCc5ccc(NC(=O)C(CCCNC(N)=O)NC(=O)CNC(=O)CCCCCN6C(=O)C=CC6=O)cc5)CC4)nc3)cc2N=C(N)C1. The van der Waals surface area contributed by atoms with Crippen molar-refractivity contribution in [2.75, 3.05) is 74.4 Å². The van der Waals surface area contributed by atoms with E-state index in [1.165, 1.54) is 12.2 Å². The number of carbonyl (C=O) groups excluding carboxylic acids is 10.